The highest BCUT2D eigenvalue weighted by molar-refractivity contribution is 5.90. The third kappa shape index (κ3) is 13.3. The molecule has 0 unspecified atom stereocenters. The van der Waals surface area contributed by atoms with E-state index in [1.807, 2.05) is 0 Å². The first-order chi connectivity index (χ1) is 28.6. The summed E-state index contributed by atoms with van der Waals surface area (Å²) in [4.78, 5) is 47.3. The Morgan fingerprint density at radius 1 is 0.717 bits per heavy atom. The van der Waals surface area contributed by atoms with E-state index in [2.05, 4.69) is 50.0 Å². The number of esters is 4. The molecule has 0 spiro atoms. The number of hydrogen-bond donors (Lipinski definition) is 0. The van der Waals surface area contributed by atoms with Crippen LogP contribution in [0.1, 0.15) is 52.8 Å². The maximum atomic E-state index is 15.4. The zero-order chi connectivity index (χ0) is 43.8. The lowest BCUT2D eigenvalue weighted by atomic mass is 10.1. The molecule has 302 valence electrons. The summed E-state index contributed by atoms with van der Waals surface area (Å²) in [5.74, 6) is 3.42. The Kier molecular flexibility index (Phi) is 15.9. The van der Waals surface area contributed by atoms with E-state index >= 15 is 8.78 Å². The fraction of sp³-hybridized carbons (Fsp3) is 0.0833. The Morgan fingerprint density at radius 2 is 1.37 bits per heavy atom. The van der Waals surface area contributed by atoms with Crippen LogP contribution in [0.4, 0.5) is 13.2 Å². The van der Waals surface area contributed by atoms with Crippen LogP contribution in [-0.4, -0.2) is 30.5 Å². The van der Waals surface area contributed by atoms with Crippen molar-refractivity contribution in [1.82, 2.24) is 0 Å². The molecule has 0 saturated carbocycles. The molecule has 0 radical (unpaired) electrons. The van der Waals surface area contributed by atoms with E-state index in [0.29, 0.717) is 33.6 Å². The molecule has 12 heteroatoms. The van der Waals surface area contributed by atoms with Crippen LogP contribution in [-0.2, 0) is 35.3 Å². The monoisotopic (exact) mass is 812 g/mol. The van der Waals surface area contributed by atoms with Crippen LogP contribution in [0, 0.1) is 35.3 Å². The summed E-state index contributed by atoms with van der Waals surface area (Å²) in [6.45, 7) is 16.3. The minimum atomic E-state index is -1.39. The number of carbonyl (C=O) groups is 4. The highest BCUT2D eigenvalue weighted by Gasteiger charge is 2.19. The van der Waals surface area contributed by atoms with Gasteiger partial charge in [-0.2, -0.15) is 4.39 Å². The van der Waals surface area contributed by atoms with Crippen molar-refractivity contribution in [2.75, 3.05) is 6.61 Å². The predicted molar refractivity (Wildman–Crippen MR) is 218 cm³/mol. The molecule has 0 saturated heterocycles. The third-order valence-electron chi connectivity index (χ3n) is 7.64. The van der Waals surface area contributed by atoms with Gasteiger partial charge in [0.05, 0.1) is 11.8 Å². The Labute approximate surface area is 344 Å². The molecule has 4 rings (SSSR count). The standard InChI is InChI=1S/C48H35F3O9/c1-7-43(52)59-42-28-38(20-14-33-10-12-36(13-11-33)29-58-48(55)32(6)49)44(50)45(51)40(42)23-18-34-16-21-39(22-17-34)56-25-8-9-35-15-19-37(24-26-57-46(53)30(2)3)41(27-35)60-47(54)31(4)5/h7-13,15-17,19,21-22,24,26-28H,1-2,4,6,25,29H2,3,5H3/b9-8+,26-24+. The van der Waals surface area contributed by atoms with E-state index < -0.39 is 52.5 Å². The van der Waals surface area contributed by atoms with E-state index in [9.17, 15) is 23.6 Å². The lowest BCUT2D eigenvalue weighted by molar-refractivity contribution is -0.142. The van der Waals surface area contributed by atoms with E-state index in [0.717, 1.165) is 12.1 Å². The van der Waals surface area contributed by atoms with Crippen LogP contribution in [0.15, 0.2) is 134 Å². The number of benzene rings is 4. The summed E-state index contributed by atoms with van der Waals surface area (Å²) >= 11 is 0. The van der Waals surface area contributed by atoms with Gasteiger partial charge in [-0.1, -0.05) is 80.3 Å². The van der Waals surface area contributed by atoms with Crippen LogP contribution in [0.3, 0.4) is 0 Å². The normalized spacial score (nSPS) is 10.3. The molecule has 60 heavy (non-hydrogen) atoms. The maximum absolute atomic E-state index is 15.4. The van der Waals surface area contributed by atoms with Crippen molar-refractivity contribution in [1.29, 1.82) is 0 Å². The summed E-state index contributed by atoms with van der Waals surface area (Å²) in [5, 5.41) is 0. The van der Waals surface area contributed by atoms with Gasteiger partial charge in [0.1, 0.15) is 30.3 Å². The zero-order valence-electron chi connectivity index (χ0n) is 32.4. The van der Waals surface area contributed by atoms with Crippen LogP contribution >= 0.6 is 0 Å². The maximum Gasteiger partial charge on any atom is 0.366 e. The Balaban J connectivity index is 1.46. The first-order valence-electron chi connectivity index (χ1n) is 17.6. The van der Waals surface area contributed by atoms with Gasteiger partial charge in [0.25, 0.3) is 0 Å². The van der Waals surface area contributed by atoms with Crippen LogP contribution in [0.25, 0.3) is 12.2 Å². The summed E-state index contributed by atoms with van der Waals surface area (Å²) in [7, 11) is 0. The zero-order valence-corrected chi connectivity index (χ0v) is 32.4. The Morgan fingerprint density at radius 3 is 2.00 bits per heavy atom. The predicted octanol–water partition coefficient (Wildman–Crippen LogP) is 9.05. The fourth-order valence-corrected chi connectivity index (χ4v) is 4.53. The van der Waals surface area contributed by atoms with Crippen LogP contribution in [0.2, 0.25) is 0 Å². The molecule has 0 heterocycles. The number of rotatable bonds is 14. The van der Waals surface area contributed by atoms with Crippen molar-refractivity contribution in [2.24, 2.45) is 0 Å². The van der Waals surface area contributed by atoms with Crippen molar-refractivity contribution >= 4 is 36.0 Å². The summed E-state index contributed by atoms with van der Waals surface area (Å²) in [6.07, 6.45) is 6.95. The van der Waals surface area contributed by atoms with Gasteiger partial charge in [0, 0.05) is 40.0 Å². The minimum Gasteiger partial charge on any atom is -0.490 e. The first-order valence-corrected chi connectivity index (χ1v) is 17.6. The lowest BCUT2D eigenvalue weighted by Crippen LogP contribution is -2.09. The summed E-state index contributed by atoms with van der Waals surface area (Å²) in [5.41, 5.74) is 1.90. The van der Waals surface area contributed by atoms with Gasteiger partial charge in [0.15, 0.2) is 17.4 Å². The number of carbonyl (C=O) groups excluding carboxylic acids is 4. The van der Waals surface area contributed by atoms with E-state index in [4.69, 9.17) is 23.7 Å². The molecule has 9 nitrogen and oxygen atoms in total. The fourth-order valence-electron chi connectivity index (χ4n) is 4.53. The van der Waals surface area contributed by atoms with Crippen molar-refractivity contribution in [3.8, 4) is 40.9 Å². The van der Waals surface area contributed by atoms with Gasteiger partial charge in [-0.15, -0.1) is 0 Å². The second-order valence-corrected chi connectivity index (χ2v) is 12.4. The number of ether oxygens (including phenoxy) is 5. The van der Waals surface area contributed by atoms with Gasteiger partial charge in [-0.05, 0) is 79.6 Å². The second kappa shape index (κ2) is 21.4. The molecule has 0 fully saturated rings. The van der Waals surface area contributed by atoms with Gasteiger partial charge >= 0.3 is 23.9 Å². The SMILES string of the molecule is C=CC(=O)Oc1cc(C#Cc2ccc(COC(=O)C(=C)F)cc2)c(F)c(F)c1C#Cc1ccc(OC/C=C/c2ccc(/C=C/OC(=O)C(=C)C)c(OC(=O)C(=C)C)c2)cc1. The van der Waals surface area contributed by atoms with Crippen molar-refractivity contribution < 1.29 is 56.0 Å². The first kappa shape index (κ1) is 44.6. The number of halogens is 3. The third-order valence-corrected chi connectivity index (χ3v) is 7.64. The molecule has 0 atom stereocenters. The second-order valence-electron chi connectivity index (χ2n) is 12.4. The van der Waals surface area contributed by atoms with E-state index in [1.54, 1.807) is 66.7 Å². The molecular weight excluding hydrogens is 778 g/mol. The van der Waals surface area contributed by atoms with Crippen LogP contribution in [0.5, 0.6) is 17.2 Å². The molecule has 0 N–H and O–H groups in total. The smallest absolute Gasteiger partial charge is 0.366 e. The summed E-state index contributed by atoms with van der Waals surface area (Å²) in [6, 6.07) is 18.6. The summed E-state index contributed by atoms with van der Waals surface area (Å²) < 4.78 is 69.7. The van der Waals surface area contributed by atoms with Crippen molar-refractivity contribution in [2.45, 2.75) is 20.5 Å². The largest absolute Gasteiger partial charge is 0.490 e. The Bertz CT molecular complexity index is 2560. The van der Waals surface area contributed by atoms with Crippen molar-refractivity contribution in [3.05, 3.63) is 185 Å². The molecule has 4 aromatic carbocycles. The average molecular weight is 813 g/mol. The van der Waals surface area contributed by atoms with Gasteiger partial charge in [-0.25, -0.2) is 28.0 Å². The van der Waals surface area contributed by atoms with E-state index in [-0.39, 0.29) is 35.9 Å². The average Bonchev–Trinajstić information content (AvgIpc) is 3.23. The van der Waals surface area contributed by atoms with Crippen molar-refractivity contribution in [3.63, 3.8) is 0 Å². The molecular formula is C48H35F3O9. The Hall–Kier alpha value is -8.09. The van der Waals surface area contributed by atoms with E-state index in [1.165, 1.54) is 38.3 Å². The molecule has 4 aromatic rings. The van der Waals surface area contributed by atoms with Gasteiger partial charge in [-0.3, -0.25) is 0 Å². The molecule has 0 aromatic heterocycles. The minimum absolute atomic E-state index is 0.142. The molecule has 0 bridgehead atoms. The number of hydrogen-bond acceptors (Lipinski definition) is 9. The lowest BCUT2D eigenvalue weighted by Gasteiger charge is -2.09. The van der Waals surface area contributed by atoms with Gasteiger partial charge < -0.3 is 23.7 Å². The highest BCUT2D eigenvalue weighted by atomic mass is 19.2. The quantitative estimate of drug-likeness (QED) is 0.0405. The molecule has 0 aliphatic rings. The molecule has 0 amide bonds. The molecule has 0 aliphatic carbocycles. The highest BCUT2D eigenvalue weighted by Crippen LogP contribution is 2.28. The van der Waals surface area contributed by atoms with Gasteiger partial charge in [0.2, 0.25) is 5.83 Å². The molecule has 0 aliphatic heterocycles. The van der Waals surface area contributed by atoms with Crippen LogP contribution < -0.4 is 14.2 Å². The topological polar surface area (TPSA) is 114 Å².